The number of aromatic nitrogens is 5. The normalized spacial score (nSPS) is 10.9. The van der Waals surface area contributed by atoms with E-state index in [0.29, 0.717) is 27.3 Å². The number of halogens is 2. The summed E-state index contributed by atoms with van der Waals surface area (Å²) in [6, 6.07) is 3.50. The molecule has 17 heavy (non-hydrogen) atoms. The average molecular weight is 266 g/mol. The first-order valence-corrected chi connectivity index (χ1v) is 5.48. The average Bonchev–Trinajstić information content (AvgIpc) is 2.75. The monoisotopic (exact) mass is 265 g/mol. The Hall–Kier alpha value is -1.72. The summed E-state index contributed by atoms with van der Waals surface area (Å²) < 4.78 is 1.67. The van der Waals surface area contributed by atoms with Crippen molar-refractivity contribution in [2.75, 3.05) is 0 Å². The molecule has 3 aromatic heterocycles. The fourth-order valence-corrected chi connectivity index (χ4v) is 1.82. The third kappa shape index (κ3) is 1.73. The largest absolute Gasteiger partial charge is 0.261 e. The summed E-state index contributed by atoms with van der Waals surface area (Å²) in [4.78, 5) is 8.11. The van der Waals surface area contributed by atoms with Crippen LogP contribution in [0.5, 0.6) is 0 Å². The van der Waals surface area contributed by atoms with E-state index in [1.165, 1.54) is 6.20 Å². The number of fused-ring (bicyclic) bond motifs is 1. The number of rotatable bonds is 1. The van der Waals surface area contributed by atoms with Gasteiger partial charge in [0.05, 0.1) is 17.4 Å². The summed E-state index contributed by atoms with van der Waals surface area (Å²) in [5.41, 5.74) is 1.22. The van der Waals surface area contributed by atoms with Gasteiger partial charge in [-0.25, -0.2) is 0 Å². The molecule has 3 heterocycles. The van der Waals surface area contributed by atoms with E-state index in [-0.39, 0.29) is 0 Å². The van der Waals surface area contributed by atoms with Crippen molar-refractivity contribution in [3.63, 3.8) is 0 Å². The topological polar surface area (TPSA) is 56.0 Å². The molecule has 7 heteroatoms. The van der Waals surface area contributed by atoms with Crippen LogP contribution in [-0.2, 0) is 0 Å². The predicted octanol–water partition coefficient (Wildman–Crippen LogP) is 2.49. The molecule has 84 valence electrons. The molecule has 0 aliphatic heterocycles. The number of pyridine rings is 1. The van der Waals surface area contributed by atoms with Crippen molar-refractivity contribution < 1.29 is 0 Å². The fourth-order valence-electron chi connectivity index (χ4n) is 1.49. The molecule has 0 saturated heterocycles. The SMILES string of the molecule is Clc1ccc(-c2nnc3cncc(Cl)n23)nc1. The lowest BCUT2D eigenvalue weighted by atomic mass is 10.3. The summed E-state index contributed by atoms with van der Waals surface area (Å²) in [6.07, 6.45) is 4.66. The van der Waals surface area contributed by atoms with Crippen LogP contribution in [0.1, 0.15) is 0 Å². The molecule has 0 atom stereocenters. The van der Waals surface area contributed by atoms with Crippen molar-refractivity contribution in [1.82, 2.24) is 24.6 Å². The maximum atomic E-state index is 6.05. The van der Waals surface area contributed by atoms with Crippen LogP contribution < -0.4 is 0 Å². The van der Waals surface area contributed by atoms with Crippen molar-refractivity contribution in [3.8, 4) is 11.5 Å². The first kappa shape index (κ1) is 10.4. The van der Waals surface area contributed by atoms with E-state index in [1.807, 2.05) is 0 Å². The van der Waals surface area contributed by atoms with Gasteiger partial charge in [-0.1, -0.05) is 23.2 Å². The molecule has 0 saturated carbocycles. The summed E-state index contributed by atoms with van der Waals surface area (Å²) >= 11 is 11.8. The van der Waals surface area contributed by atoms with Gasteiger partial charge in [0.2, 0.25) is 0 Å². The van der Waals surface area contributed by atoms with Crippen LogP contribution in [0.4, 0.5) is 0 Å². The van der Waals surface area contributed by atoms with E-state index < -0.39 is 0 Å². The lowest BCUT2D eigenvalue weighted by Gasteiger charge is -2.00. The van der Waals surface area contributed by atoms with Gasteiger partial charge < -0.3 is 0 Å². The van der Waals surface area contributed by atoms with Gasteiger partial charge in [0.15, 0.2) is 11.5 Å². The molecule has 0 aliphatic rings. The molecule has 0 fully saturated rings. The molecule has 0 bridgehead atoms. The number of hydrogen-bond donors (Lipinski definition) is 0. The standard InChI is InChI=1S/C10H5Cl2N5/c11-6-1-2-7(14-3-6)10-16-15-9-5-13-4-8(12)17(9)10/h1-5H. The van der Waals surface area contributed by atoms with Gasteiger partial charge in [0.25, 0.3) is 0 Å². The molecule has 0 aromatic carbocycles. The molecule has 0 spiro atoms. The molecule has 3 rings (SSSR count). The Morgan fingerprint density at radius 1 is 1.00 bits per heavy atom. The minimum atomic E-state index is 0.430. The zero-order valence-electron chi connectivity index (χ0n) is 8.38. The molecule has 5 nitrogen and oxygen atoms in total. The predicted molar refractivity (Wildman–Crippen MR) is 64.0 cm³/mol. The molecule has 0 amide bonds. The van der Waals surface area contributed by atoms with Crippen LogP contribution in [-0.4, -0.2) is 24.6 Å². The maximum absolute atomic E-state index is 6.05. The Labute approximate surface area is 106 Å². The highest BCUT2D eigenvalue weighted by atomic mass is 35.5. The van der Waals surface area contributed by atoms with Gasteiger partial charge in [-0.3, -0.25) is 14.4 Å². The van der Waals surface area contributed by atoms with Crippen LogP contribution >= 0.6 is 23.2 Å². The second-order valence-electron chi connectivity index (χ2n) is 3.31. The maximum Gasteiger partial charge on any atom is 0.188 e. The third-order valence-corrected chi connectivity index (χ3v) is 2.72. The van der Waals surface area contributed by atoms with Gasteiger partial charge in [0, 0.05) is 6.20 Å². The van der Waals surface area contributed by atoms with E-state index >= 15 is 0 Å². The number of nitrogens with zero attached hydrogens (tertiary/aromatic N) is 5. The second-order valence-corrected chi connectivity index (χ2v) is 4.13. The Morgan fingerprint density at radius 2 is 1.88 bits per heavy atom. The van der Waals surface area contributed by atoms with Crippen LogP contribution in [0.3, 0.4) is 0 Å². The van der Waals surface area contributed by atoms with Crippen LogP contribution in [0, 0.1) is 0 Å². The van der Waals surface area contributed by atoms with Gasteiger partial charge in [-0.2, -0.15) is 0 Å². The van der Waals surface area contributed by atoms with Crippen molar-refractivity contribution in [1.29, 1.82) is 0 Å². The summed E-state index contributed by atoms with van der Waals surface area (Å²) in [5.74, 6) is 0.559. The van der Waals surface area contributed by atoms with E-state index in [1.54, 1.807) is 28.9 Å². The quantitative estimate of drug-likeness (QED) is 0.679. The molecule has 0 aliphatic carbocycles. The summed E-state index contributed by atoms with van der Waals surface area (Å²) in [6.45, 7) is 0. The highest BCUT2D eigenvalue weighted by molar-refractivity contribution is 6.30. The van der Waals surface area contributed by atoms with Crippen LogP contribution in [0.25, 0.3) is 17.2 Å². The summed E-state index contributed by atoms with van der Waals surface area (Å²) in [7, 11) is 0. The highest BCUT2D eigenvalue weighted by Gasteiger charge is 2.11. The van der Waals surface area contributed by atoms with E-state index in [4.69, 9.17) is 23.2 Å². The molecule has 0 N–H and O–H groups in total. The molecule has 3 aromatic rings. The first-order chi connectivity index (χ1) is 8.25. The van der Waals surface area contributed by atoms with Crippen molar-refractivity contribution in [2.45, 2.75) is 0 Å². The molecular formula is C10H5Cl2N5. The molecular weight excluding hydrogens is 261 g/mol. The zero-order chi connectivity index (χ0) is 11.8. The summed E-state index contributed by atoms with van der Waals surface area (Å²) in [5, 5.41) is 9.01. The molecule has 0 radical (unpaired) electrons. The van der Waals surface area contributed by atoms with Gasteiger partial charge in [-0.15, -0.1) is 10.2 Å². The lowest BCUT2D eigenvalue weighted by Crippen LogP contribution is -1.93. The van der Waals surface area contributed by atoms with Gasteiger partial charge in [-0.05, 0) is 12.1 Å². The van der Waals surface area contributed by atoms with E-state index in [0.717, 1.165) is 0 Å². The number of hydrogen-bond acceptors (Lipinski definition) is 4. The lowest BCUT2D eigenvalue weighted by molar-refractivity contribution is 1.09. The van der Waals surface area contributed by atoms with E-state index in [9.17, 15) is 0 Å². The Morgan fingerprint density at radius 3 is 2.65 bits per heavy atom. The fraction of sp³-hybridized carbons (Fsp3) is 0. The third-order valence-electron chi connectivity index (χ3n) is 2.23. The second kappa shape index (κ2) is 3.94. The van der Waals surface area contributed by atoms with E-state index in [2.05, 4.69) is 20.2 Å². The minimum absolute atomic E-state index is 0.430. The van der Waals surface area contributed by atoms with Gasteiger partial charge in [0.1, 0.15) is 10.8 Å². The Bertz CT molecular complexity index is 677. The Kier molecular flexibility index (Phi) is 2.42. The minimum Gasteiger partial charge on any atom is -0.261 e. The van der Waals surface area contributed by atoms with Crippen LogP contribution in [0.15, 0.2) is 30.7 Å². The van der Waals surface area contributed by atoms with Crippen molar-refractivity contribution >= 4 is 28.8 Å². The molecule has 0 unspecified atom stereocenters. The smallest absolute Gasteiger partial charge is 0.188 e. The zero-order valence-corrected chi connectivity index (χ0v) is 9.89. The highest BCUT2D eigenvalue weighted by Crippen LogP contribution is 2.20. The van der Waals surface area contributed by atoms with Crippen molar-refractivity contribution in [2.24, 2.45) is 0 Å². The Balaban J connectivity index is 2.27. The first-order valence-electron chi connectivity index (χ1n) is 4.72. The van der Waals surface area contributed by atoms with Crippen LogP contribution in [0.2, 0.25) is 10.2 Å². The van der Waals surface area contributed by atoms with Crippen molar-refractivity contribution in [3.05, 3.63) is 40.9 Å². The van der Waals surface area contributed by atoms with Gasteiger partial charge >= 0.3 is 0 Å².